The number of halogens is 6. The predicted octanol–water partition coefficient (Wildman–Crippen LogP) is 14.3. The van der Waals surface area contributed by atoms with Gasteiger partial charge in [0.2, 0.25) is 0 Å². The fourth-order valence-electron chi connectivity index (χ4n) is 9.27. The molecule has 59 heavy (non-hydrogen) atoms. The van der Waals surface area contributed by atoms with E-state index in [1.54, 1.807) is 36.4 Å². The van der Waals surface area contributed by atoms with E-state index in [9.17, 15) is 26.3 Å². The Morgan fingerprint density at radius 1 is 0.492 bits per heavy atom. The number of methoxy groups -OCH3 is 2. The van der Waals surface area contributed by atoms with Gasteiger partial charge < -0.3 is 14.2 Å². The van der Waals surface area contributed by atoms with Crippen molar-refractivity contribution in [2.75, 3.05) is 14.2 Å². The van der Waals surface area contributed by atoms with E-state index in [1.807, 2.05) is 0 Å². The van der Waals surface area contributed by atoms with E-state index < -0.39 is 24.6 Å². The summed E-state index contributed by atoms with van der Waals surface area (Å²) < 4.78 is 99.2. The molecule has 0 spiro atoms. The van der Waals surface area contributed by atoms with Gasteiger partial charge in [-0.05, 0) is 132 Å². The van der Waals surface area contributed by atoms with Gasteiger partial charge in [0.15, 0.2) is 12.2 Å². The third kappa shape index (κ3) is 12.2. The van der Waals surface area contributed by atoms with Crippen LogP contribution in [0.1, 0.15) is 134 Å². The molecule has 2 atom stereocenters. The lowest BCUT2D eigenvalue weighted by molar-refractivity contribution is -0.212. The van der Waals surface area contributed by atoms with Crippen molar-refractivity contribution in [1.29, 1.82) is 0 Å². The number of rotatable bonds is 16. The largest absolute Gasteiger partial charge is 0.457 e. The average molecular weight is 823 g/mol. The van der Waals surface area contributed by atoms with Crippen LogP contribution in [0.15, 0.2) is 84.9 Å². The molecule has 0 amide bonds. The molecular weight excluding hydrogens is 763 g/mol. The first-order chi connectivity index (χ1) is 28.3. The summed E-state index contributed by atoms with van der Waals surface area (Å²) in [5.74, 6) is 3.58. The minimum absolute atomic E-state index is 0.359. The lowest BCUT2D eigenvalue weighted by Crippen LogP contribution is -2.32. The van der Waals surface area contributed by atoms with Crippen molar-refractivity contribution < 1.29 is 40.6 Å². The average Bonchev–Trinajstić information content (AvgIpc) is 3.23. The van der Waals surface area contributed by atoms with Crippen molar-refractivity contribution in [2.45, 2.75) is 140 Å². The predicted molar refractivity (Wildman–Crippen MR) is 223 cm³/mol. The van der Waals surface area contributed by atoms with Gasteiger partial charge in [-0.2, -0.15) is 26.3 Å². The van der Waals surface area contributed by atoms with Crippen LogP contribution < -0.4 is 4.74 Å². The van der Waals surface area contributed by atoms with E-state index in [2.05, 4.69) is 62.4 Å². The molecule has 0 saturated heterocycles. The second-order valence-corrected chi connectivity index (χ2v) is 17.0. The molecule has 0 aliphatic heterocycles. The Morgan fingerprint density at radius 2 is 0.831 bits per heavy atom. The van der Waals surface area contributed by atoms with Crippen LogP contribution in [0, 0.1) is 11.8 Å². The molecule has 4 aromatic carbocycles. The topological polar surface area (TPSA) is 27.7 Å². The van der Waals surface area contributed by atoms with Crippen LogP contribution in [0.2, 0.25) is 0 Å². The Morgan fingerprint density at radius 3 is 1.14 bits per heavy atom. The fraction of sp³-hybridized carbons (Fsp3) is 0.520. The van der Waals surface area contributed by atoms with Crippen molar-refractivity contribution in [3.05, 3.63) is 129 Å². The van der Waals surface area contributed by atoms with E-state index in [4.69, 9.17) is 14.2 Å². The summed E-state index contributed by atoms with van der Waals surface area (Å²) in [5.41, 5.74) is 6.92. The number of hydrogen-bond acceptors (Lipinski definition) is 3. The molecular formula is C50H60F6O3. The zero-order valence-corrected chi connectivity index (χ0v) is 34.9. The van der Waals surface area contributed by atoms with Crippen LogP contribution in [-0.4, -0.2) is 38.8 Å². The van der Waals surface area contributed by atoms with Gasteiger partial charge in [-0.25, -0.2) is 0 Å². The van der Waals surface area contributed by atoms with Gasteiger partial charge >= 0.3 is 12.4 Å². The summed E-state index contributed by atoms with van der Waals surface area (Å²) in [7, 11) is 2.12. The Balaban J connectivity index is 1.30. The van der Waals surface area contributed by atoms with E-state index in [0.717, 1.165) is 37.2 Å². The van der Waals surface area contributed by atoms with Gasteiger partial charge in [0.25, 0.3) is 0 Å². The first kappa shape index (κ1) is 44.7. The number of alkyl halides is 6. The molecule has 2 aliphatic rings. The van der Waals surface area contributed by atoms with Crippen molar-refractivity contribution in [3.63, 3.8) is 0 Å². The molecule has 0 radical (unpaired) electrons. The van der Waals surface area contributed by atoms with E-state index in [-0.39, 0.29) is 12.8 Å². The van der Waals surface area contributed by atoms with Gasteiger partial charge in [-0.1, -0.05) is 99.5 Å². The van der Waals surface area contributed by atoms with E-state index in [1.165, 1.54) is 75.3 Å². The van der Waals surface area contributed by atoms with Crippen LogP contribution in [0.25, 0.3) is 0 Å². The normalized spacial score (nSPS) is 21.3. The molecule has 2 aliphatic carbocycles. The zero-order chi connectivity index (χ0) is 42.2. The van der Waals surface area contributed by atoms with Gasteiger partial charge in [0, 0.05) is 39.9 Å². The molecule has 3 nitrogen and oxygen atoms in total. The maximum atomic E-state index is 13.8. The highest BCUT2D eigenvalue weighted by Gasteiger charge is 2.41. The van der Waals surface area contributed by atoms with Gasteiger partial charge in [0.05, 0.1) is 0 Å². The number of hydrogen-bond donors (Lipinski definition) is 0. The summed E-state index contributed by atoms with van der Waals surface area (Å²) in [6.45, 7) is 4.52. The van der Waals surface area contributed by atoms with Gasteiger partial charge in [0.1, 0.15) is 11.5 Å². The van der Waals surface area contributed by atoms with E-state index in [0.29, 0.717) is 58.4 Å². The van der Waals surface area contributed by atoms with Gasteiger partial charge in [-0.3, -0.25) is 0 Å². The van der Waals surface area contributed by atoms with Crippen LogP contribution in [-0.2, 0) is 35.2 Å². The minimum Gasteiger partial charge on any atom is -0.457 e. The smallest absolute Gasteiger partial charge is 0.414 e. The Hall–Kier alpha value is -3.82. The van der Waals surface area contributed by atoms with Crippen molar-refractivity contribution in [3.8, 4) is 11.5 Å². The molecule has 2 unspecified atom stereocenters. The van der Waals surface area contributed by atoms with Crippen LogP contribution >= 0.6 is 0 Å². The zero-order valence-electron chi connectivity index (χ0n) is 34.9. The lowest BCUT2D eigenvalue weighted by atomic mass is 9.78. The number of ether oxygens (including phenoxy) is 3. The molecule has 320 valence electrons. The van der Waals surface area contributed by atoms with Crippen molar-refractivity contribution >= 4 is 0 Å². The molecule has 6 rings (SSSR count). The van der Waals surface area contributed by atoms with E-state index >= 15 is 0 Å². The Labute approximate surface area is 346 Å². The minimum atomic E-state index is -4.53. The SMILES string of the molecule is CCC1CCC(c2ccc(Cc3cc(CC(OC)C(F)(F)F)ccc3Oc3ccc(CC(OC)C(F)(F)F)cc3Cc3ccc(C4CCC(CC)CC4)cc3)cc2)CC1. The summed E-state index contributed by atoms with van der Waals surface area (Å²) in [4.78, 5) is 0. The Kier molecular flexibility index (Phi) is 15.3. The molecule has 2 fully saturated rings. The summed E-state index contributed by atoms with van der Waals surface area (Å²) >= 11 is 0. The summed E-state index contributed by atoms with van der Waals surface area (Å²) in [6, 6.07) is 27.2. The molecule has 2 saturated carbocycles. The molecule has 0 heterocycles. The fourth-order valence-corrected chi connectivity index (χ4v) is 9.27. The maximum absolute atomic E-state index is 13.8. The molecule has 4 aromatic rings. The van der Waals surface area contributed by atoms with Crippen molar-refractivity contribution in [2.24, 2.45) is 11.8 Å². The second-order valence-electron chi connectivity index (χ2n) is 17.0. The van der Waals surface area contributed by atoms with Crippen molar-refractivity contribution in [1.82, 2.24) is 0 Å². The molecule has 0 aromatic heterocycles. The maximum Gasteiger partial charge on any atom is 0.414 e. The third-order valence-corrected chi connectivity index (χ3v) is 13.2. The van der Waals surface area contributed by atoms with Crippen LogP contribution in [0.3, 0.4) is 0 Å². The highest BCUT2D eigenvalue weighted by molar-refractivity contribution is 5.48. The molecule has 9 heteroatoms. The number of benzene rings is 4. The second kappa shape index (κ2) is 20.2. The Bertz CT molecular complexity index is 1760. The highest BCUT2D eigenvalue weighted by Crippen LogP contribution is 2.40. The first-order valence-electron chi connectivity index (χ1n) is 21.5. The molecule has 0 bridgehead atoms. The quantitative estimate of drug-likeness (QED) is 0.105. The monoisotopic (exact) mass is 822 g/mol. The standard InChI is InChI=1S/C50H60F6O3/c1-5-33-7-17-39(18-8-33)41-21-11-35(12-22-41)27-43-29-37(31-47(57-3)49(51,52)53)15-25-45(43)59-46-26-16-38(32-48(58-4)50(54,55)56)30-44(46)28-36-13-23-42(24-14-36)40-19-9-34(6-2)10-20-40/h11-16,21-26,29-30,33-34,39-40,47-48H,5-10,17-20,27-28,31-32H2,1-4H3. The third-order valence-electron chi connectivity index (χ3n) is 13.2. The van der Waals surface area contributed by atoms with Gasteiger partial charge in [-0.15, -0.1) is 0 Å². The van der Waals surface area contributed by atoms with Crippen LogP contribution in [0.5, 0.6) is 11.5 Å². The lowest BCUT2D eigenvalue weighted by Gasteiger charge is -2.28. The molecule has 0 N–H and O–H groups in total. The highest BCUT2D eigenvalue weighted by atomic mass is 19.4. The summed E-state index contributed by atoms with van der Waals surface area (Å²) in [5, 5.41) is 0. The first-order valence-corrected chi connectivity index (χ1v) is 21.5. The summed E-state index contributed by atoms with van der Waals surface area (Å²) in [6.07, 6.45) is -0.830. The van der Waals surface area contributed by atoms with Crippen LogP contribution in [0.4, 0.5) is 26.3 Å².